The molecule has 0 saturated carbocycles. The third-order valence-corrected chi connectivity index (χ3v) is 4.74. The van der Waals surface area contributed by atoms with Crippen LogP contribution in [0, 0.1) is 11.8 Å². The van der Waals surface area contributed by atoms with Gasteiger partial charge < -0.3 is 4.42 Å². The fraction of sp³-hybridized carbons (Fsp3) is 0.471. The summed E-state index contributed by atoms with van der Waals surface area (Å²) in [6.07, 6.45) is 5.52. The van der Waals surface area contributed by atoms with Gasteiger partial charge in [-0.1, -0.05) is 6.07 Å². The Morgan fingerprint density at radius 1 is 1.00 bits per heavy atom. The summed E-state index contributed by atoms with van der Waals surface area (Å²) < 4.78 is 5.16. The monoisotopic (exact) mass is 283 g/mol. The number of pyridine rings is 1. The van der Waals surface area contributed by atoms with Gasteiger partial charge >= 0.3 is 0 Å². The third-order valence-electron chi connectivity index (χ3n) is 4.74. The lowest BCUT2D eigenvalue weighted by Gasteiger charge is -2.20. The van der Waals surface area contributed by atoms with E-state index in [0.29, 0.717) is 0 Å². The van der Waals surface area contributed by atoms with Crippen LogP contribution in [0.15, 0.2) is 47.4 Å². The zero-order valence-corrected chi connectivity index (χ0v) is 12.2. The summed E-state index contributed by atoms with van der Waals surface area (Å²) in [5.74, 6) is 1.64. The first-order valence-electron chi connectivity index (χ1n) is 7.72. The Bertz CT molecular complexity index is 555. The average Bonchev–Trinajstić information content (AvgIpc) is 3.17. The smallest absolute Gasteiger partial charge is 0.0947 e. The van der Waals surface area contributed by atoms with Crippen molar-refractivity contribution in [1.82, 2.24) is 14.8 Å². The first-order valence-corrected chi connectivity index (χ1v) is 7.72. The molecule has 4 nitrogen and oxygen atoms in total. The lowest BCUT2D eigenvalue weighted by atomic mass is 10.0. The van der Waals surface area contributed by atoms with Crippen LogP contribution < -0.4 is 0 Å². The maximum absolute atomic E-state index is 5.16. The van der Waals surface area contributed by atoms with E-state index in [9.17, 15) is 0 Å². The molecule has 0 spiro atoms. The van der Waals surface area contributed by atoms with Crippen molar-refractivity contribution >= 4 is 0 Å². The summed E-state index contributed by atoms with van der Waals surface area (Å²) >= 11 is 0. The van der Waals surface area contributed by atoms with Gasteiger partial charge in [0.25, 0.3) is 0 Å². The van der Waals surface area contributed by atoms with E-state index < -0.39 is 0 Å². The number of fused-ring (bicyclic) bond motifs is 1. The highest BCUT2D eigenvalue weighted by Crippen LogP contribution is 2.32. The van der Waals surface area contributed by atoms with Gasteiger partial charge in [-0.25, -0.2) is 0 Å². The largest absolute Gasteiger partial charge is 0.472 e. The van der Waals surface area contributed by atoms with Crippen molar-refractivity contribution in [3.63, 3.8) is 0 Å². The number of hydrogen-bond acceptors (Lipinski definition) is 4. The molecule has 2 fully saturated rings. The Morgan fingerprint density at radius 3 is 2.38 bits per heavy atom. The van der Waals surface area contributed by atoms with Gasteiger partial charge in [0, 0.05) is 51.0 Å². The molecule has 0 amide bonds. The molecule has 2 aromatic heterocycles. The van der Waals surface area contributed by atoms with Gasteiger partial charge in [0.15, 0.2) is 0 Å². The van der Waals surface area contributed by atoms with Gasteiger partial charge in [0.1, 0.15) is 0 Å². The second kappa shape index (κ2) is 5.62. The molecule has 110 valence electrons. The van der Waals surface area contributed by atoms with Crippen LogP contribution in [0.25, 0.3) is 0 Å². The van der Waals surface area contributed by atoms with Crippen molar-refractivity contribution in [1.29, 1.82) is 0 Å². The zero-order valence-electron chi connectivity index (χ0n) is 12.2. The quantitative estimate of drug-likeness (QED) is 0.861. The van der Waals surface area contributed by atoms with Gasteiger partial charge in [-0.2, -0.15) is 0 Å². The van der Waals surface area contributed by atoms with Crippen LogP contribution in [0.5, 0.6) is 0 Å². The molecular formula is C17H21N3O. The minimum absolute atomic E-state index is 0.820. The van der Waals surface area contributed by atoms with Crippen LogP contribution in [0.4, 0.5) is 0 Å². The maximum atomic E-state index is 5.16. The molecule has 0 bridgehead atoms. The van der Waals surface area contributed by atoms with Crippen LogP contribution >= 0.6 is 0 Å². The zero-order chi connectivity index (χ0) is 14.1. The van der Waals surface area contributed by atoms with E-state index in [4.69, 9.17) is 4.42 Å². The van der Waals surface area contributed by atoms with Crippen molar-refractivity contribution in [2.24, 2.45) is 11.8 Å². The molecule has 2 aliphatic rings. The summed E-state index contributed by atoms with van der Waals surface area (Å²) in [4.78, 5) is 9.57. The fourth-order valence-electron chi connectivity index (χ4n) is 3.81. The molecule has 4 heterocycles. The molecule has 2 aliphatic heterocycles. The highest BCUT2D eigenvalue weighted by molar-refractivity contribution is 5.07. The van der Waals surface area contributed by atoms with Crippen LogP contribution in [0.3, 0.4) is 0 Å². The number of aromatic nitrogens is 1. The summed E-state index contributed by atoms with van der Waals surface area (Å²) in [5, 5.41) is 0. The summed E-state index contributed by atoms with van der Waals surface area (Å²) in [7, 11) is 0. The Labute approximate surface area is 125 Å². The van der Waals surface area contributed by atoms with E-state index in [1.54, 1.807) is 6.26 Å². The van der Waals surface area contributed by atoms with Gasteiger partial charge in [-0.05, 0) is 30.0 Å². The predicted molar refractivity (Wildman–Crippen MR) is 80.5 cm³/mol. The second-order valence-electron chi connectivity index (χ2n) is 6.36. The van der Waals surface area contributed by atoms with E-state index in [2.05, 4.69) is 33.0 Å². The molecule has 0 radical (unpaired) electrons. The molecule has 0 aliphatic carbocycles. The number of furan rings is 1. The average molecular weight is 283 g/mol. The molecule has 2 unspecified atom stereocenters. The summed E-state index contributed by atoms with van der Waals surface area (Å²) in [5.41, 5.74) is 2.48. The first kappa shape index (κ1) is 13.0. The minimum atomic E-state index is 0.820. The van der Waals surface area contributed by atoms with Gasteiger partial charge in [0.05, 0.1) is 18.2 Å². The lowest BCUT2D eigenvalue weighted by Crippen LogP contribution is -2.28. The highest BCUT2D eigenvalue weighted by atomic mass is 16.3. The standard InChI is InChI=1S/C17H21N3O/c1-2-5-18-17(3-1)12-20-10-15-8-19(9-16(15)11-20)7-14-4-6-21-13-14/h1-6,13,15-16H,7-12H2. The van der Waals surface area contributed by atoms with Gasteiger partial charge in [-0.3, -0.25) is 14.8 Å². The van der Waals surface area contributed by atoms with Crippen LogP contribution in [0.2, 0.25) is 0 Å². The topological polar surface area (TPSA) is 32.5 Å². The summed E-state index contributed by atoms with van der Waals surface area (Å²) in [6, 6.07) is 8.25. The SMILES string of the molecule is c1ccc(CN2CC3CN(Cc4ccoc4)CC3C2)nc1. The Kier molecular flexibility index (Phi) is 3.49. The van der Waals surface area contributed by atoms with Crippen molar-refractivity contribution < 1.29 is 4.42 Å². The Hall–Kier alpha value is -1.65. The van der Waals surface area contributed by atoms with Crippen molar-refractivity contribution in [2.45, 2.75) is 13.1 Å². The van der Waals surface area contributed by atoms with Crippen LogP contribution in [0.1, 0.15) is 11.3 Å². The van der Waals surface area contributed by atoms with E-state index in [1.165, 1.54) is 37.4 Å². The Morgan fingerprint density at radius 2 is 1.76 bits per heavy atom. The maximum Gasteiger partial charge on any atom is 0.0947 e. The molecule has 2 saturated heterocycles. The normalized spacial score (nSPS) is 26.3. The lowest BCUT2D eigenvalue weighted by molar-refractivity contribution is 0.244. The minimum Gasteiger partial charge on any atom is -0.472 e. The Balaban J connectivity index is 1.31. The van der Waals surface area contributed by atoms with Crippen molar-refractivity contribution in [3.05, 3.63) is 54.2 Å². The molecule has 21 heavy (non-hydrogen) atoms. The van der Waals surface area contributed by atoms with Crippen LogP contribution in [-0.4, -0.2) is 41.0 Å². The van der Waals surface area contributed by atoms with E-state index in [1.807, 2.05) is 18.5 Å². The molecule has 0 aromatic carbocycles. The molecular weight excluding hydrogens is 262 g/mol. The number of hydrogen-bond donors (Lipinski definition) is 0. The number of likely N-dealkylation sites (tertiary alicyclic amines) is 2. The molecule has 4 rings (SSSR count). The van der Waals surface area contributed by atoms with Gasteiger partial charge in [-0.15, -0.1) is 0 Å². The van der Waals surface area contributed by atoms with Crippen molar-refractivity contribution in [2.75, 3.05) is 26.2 Å². The highest BCUT2D eigenvalue weighted by Gasteiger charge is 2.39. The fourth-order valence-corrected chi connectivity index (χ4v) is 3.81. The first-order chi connectivity index (χ1) is 10.4. The van der Waals surface area contributed by atoms with E-state index in [-0.39, 0.29) is 0 Å². The molecule has 2 aromatic rings. The van der Waals surface area contributed by atoms with E-state index in [0.717, 1.165) is 24.9 Å². The third kappa shape index (κ3) is 2.87. The predicted octanol–water partition coefficient (Wildman–Crippen LogP) is 2.24. The molecule has 2 atom stereocenters. The second-order valence-corrected chi connectivity index (χ2v) is 6.36. The molecule has 4 heteroatoms. The van der Waals surface area contributed by atoms with E-state index >= 15 is 0 Å². The van der Waals surface area contributed by atoms with Gasteiger partial charge in [0.2, 0.25) is 0 Å². The number of rotatable bonds is 4. The van der Waals surface area contributed by atoms with Crippen LogP contribution in [-0.2, 0) is 13.1 Å². The number of nitrogens with zero attached hydrogens (tertiary/aromatic N) is 3. The summed E-state index contributed by atoms with van der Waals surface area (Å²) in [6.45, 7) is 6.88. The molecule has 0 N–H and O–H groups in total. The van der Waals surface area contributed by atoms with Crippen molar-refractivity contribution in [3.8, 4) is 0 Å².